The average molecular weight is 300 g/mol. The second-order valence-corrected chi connectivity index (χ2v) is 4.46. The van der Waals surface area contributed by atoms with E-state index in [1.165, 1.54) is 24.3 Å². The Morgan fingerprint density at radius 1 is 1.21 bits per heavy atom. The largest absolute Gasteiger partial charge is 0.384 e. The number of nitrogens with two attached hydrogens (primary N) is 1. The number of benzene rings is 1. The summed E-state index contributed by atoms with van der Waals surface area (Å²) in [6.45, 7) is 0. The van der Waals surface area contributed by atoms with E-state index < -0.39 is 11.7 Å². The summed E-state index contributed by atoms with van der Waals surface area (Å²) in [7, 11) is 0. The van der Waals surface area contributed by atoms with E-state index in [1.807, 2.05) is 0 Å². The third kappa shape index (κ3) is 3.13. The van der Waals surface area contributed by atoms with Gasteiger partial charge in [0.05, 0.1) is 15.7 Å². The van der Waals surface area contributed by atoms with Gasteiger partial charge >= 0.3 is 0 Å². The van der Waals surface area contributed by atoms with E-state index in [9.17, 15) is 9.18 Å². The highest BCUT2D eigenvalue weighted by Gasteiger charge is 2.14. The molecule has 7 heteroatoms. The lowest BCUT2D eigenvalue weighted by molar-refractivity contribution is 0.102. The van der Waals surface area contributed by atoms with Crippen molar-refractivity contribution in [3.8, 4) is 0 Å². The molecule has 0 spiro atoms. The fourth-order valence-corrected chi connectivity index (χ4v) is 1.79. The van der Waals surface area contributed by atoms with Crippen molar-refractivity contribution in [3.05, 3.63) is 51.9 Å². The van der Waals surface area contributed by atoms with E-state index in [1.54, 1.807) is 0 Å². The number of hydrogen-bond donors (Lipinski definition) is 2. The summed E-state index contributed by atoms with van der Waals surface area (Å²) in [6, 6.07) is 6.55. The van der Waals surface area contributed by atoms with Gasteiger partial charge in [0.25, 0.3) is 5.91 Å². The molecule has 3 N–H and O–H groups in total. The van der Waals surface area contributed by atoms with Gasteiger partial charge in [-0.3, -0.25) is 4.79 Å². The maximum Gasteiger partial charge on any atom is 0.275 e. The van der Waals surface area contributed by atoms with Crippen molar-refractivity contribution < 1.29 is 9.18 Å². The van der Waals surface area contributed by atoms with Crippen molar-refractivity contribution in [2.45, 2.75) is 0 Å². The zero-order valence-corrected chi connectivity index (χ0v) is 11.0. The van der Waals surface area contributed by atoms with Crippen LogP contribution in [0.5, 0.6) is 0 Å². The lowest BCUT2D eigenvalue weighted by atomic mass is 10.2. The van der Waals surface area contributed by atoms with Crippen molar-refractivity contribution in [3.63, 3.8) is 0 Å². The van der Waals surface area contributed by atoms with Crippen LogP contribution in [0, 0.1) is 5.82 Å². The maximum absolute atomic E-state index is 12.9. The lowest BCUT2D eigenvalue weighted by Crippen LogP contribution is -2.15. The minimum Gasteiger partial charge on any atom is -0.384 e. The Kier molecular flexibility index (Phi) is 3.87. The van der Waals surface area contributed by atoms with Crippen molar-refractivity contribution in [2.75, 3.05) is 11.1 Å². The molecule has 0 aliphatic heterocycles. The predicted molar refractivity (Wildman–Crippen MR) is 73.0 cm³/mol. The van der Waals surface area contributed by atoms with Crippen molar-refractivity contribution in [1.82, 2.24) is 4.98 Å². The number of halogens is 3. The number of nitrogen functional groups attached to an aromatic ring is 1. The molecule has 19 heavy (non-hydrogen) atoms. The molecule has 0 fully saturated rings. The number of aromatic nitrogens is 1. The molecule has 1 aromatic heterocycles. The molecular formula is C12H8Cl2FN3O. The van der Waals surface area contributed by atoms with Gasteiger partial charge < -0.3 is 11.1 Å². The molecule has 0 unspecified atom stereocenters. The fraction of sp³-hybridized carbons (Fsp3) is 0. The van der Waals surface area contributed by atoms with Gasteiger partial charge in [0.2, 0.25) is 0 Å². The van der Waals surface area contributed by atoms with Crippen LogP contribution in [0.15, 0.2) is 30.3 Å². The molecule has 0 bridgehead atoms. The van der Waals surface area contributed by atoms with Crippen molar-refractivity contribution >= 4 is 40.6 Å². The van der Waals surface area contributed by atoms with Crippen LogP contribution in [0.3, 0.4) is 0 Å². The Bertz CT molecular complexity index is 649. The predicted octanol–water partition coefficient (Wildman–Crippen LogP) is 3.36. The minimum atomic E-state index is -0.578. The highest BCUT2D eigenvalue weighted by atomic mass is 35.5. The normalized spacial score (nSPS) is 10.3. The standard InChI is InChI=1S/C12H8Cl2FN3O/c13-7-2-4-10(16)18-11(7)12(19)17-9-3-1-6(15)5-8(9)14/h1-5H,(H2,16,18)(H,17,19). The van der Waals surface area contributed by atoms with Gasteiger partial charge in [0.15, 0.2) is 0 Å². The van der Waals surface area contributed by atoms with Gasteiger partial charge in [0.1, 0.15) is 17.3 Å². The Labute approximate surface area is 118 Å². The Morgan fingerprint density at radius 2 is 1.95 bits per heavy atom. The molecule has 0 atom stereocenters. The van der Waals surface area contributed by atoms with Gasteiger partial charge in [-0.05, 0) is 30.3 Å². The monoisotopic (exact) mass is 299 g/mol. The zero-order chi connectivity index (χ0) is 14.0. The molecule has 2 rings (SSSR count). The van der Waals surface area contributed by atoms with Crippen LogP contribution in [0.1, 0.15) is 10.5 Å². The summed E-state index contributed by atoms with van der Waals surface area (Å²) < 4.78 is 12.9. The number of nitrogens with one attached hydrogen (secondary N) is 1. The minimum absolute atomic E-state index is 0.0259. The molecule has 0 aliphatic rings. The molecule has 1 heterocycles. The van der Waals surface area contributed by atoms with Gasteiger partial charge in [-0.1, -0.05) is 23.2 Å². The molecule has 4 nitrogen and oxygen atoms in total. The fourth-order valence-electron chi connectivity index (χ4n) is 1.39. The van der Waals surface area contributed by atoms with Crippen LogP contribution < -0.4 is 11.1 Å². The highest BCUT2D eigenvalue weighted by molar-refractivity contribution is 6.35. The third-order valence-electron chi connectivity index (χ3n) is 2.26. The summed E-state index contributed by atoms with van der Waals surface area (Å²) in [6.07, 6.45) is 0. The van der Waals surface area contributed by atoms with Crippen LogP contribution in [0.25, 0.3) is 0 Å². The molecule has 1 amide bonds. The first-order chi connectivity index (χ1) is 8.97. The van der Waals surface area contributed by atoms with Crippen LogP contribution >= 0.6 is 23.2 Å². The second kappa shape index (κ2) is 5.42. The summed E-state index contributed by atoms with van der Waals surface area (Å²) in [5, 5.41) is 2.72. The Hall–Kier alpha value is -1.85. The molecule has 0 saturated heterocycles. The summed E-state index contributed by atoms with van der Waals surface area (Å²) in [5.74, 6) is -0.909. The van der Waals surface area contributed by atoms with Crippen molar-refractivity contribution in [1.29, 1.82) is 0 Å². The number of pyridine rings is 1. The topological polar surface area (TPSA) is 68.0 Å². The van der Waals surface area contributed by atoms with E-state index in [0.29, 0.717) is 0 Å². The molecule has 1 aromatic carbocycles. The van der Waals surface area contributed by atoms with Gasteiger partial charge in [-0.2, -0.15) is 0 Å². The zero-order valence-electron chi connectivity index (χ0n) is 9.45. The molecule has 98 valence electrons. The number of rotatable bonds is 2. The summed E-state index contributed by atoms with van der Waals surface area (Å²) in [5.41, 5.74) is 5.71. The summed E-state index contributed by atoms with van der Waals surface area (Å²) >= 11 is 11.6. The smallest absolute Gasteiger partial charge is 0.275 e. The first-order valence-corrected chi connectivity index (χ1v) is 5.91. The van der Waals surface area contributed by atoms with E-state index in [2.05, 4.69) is 10.3 Å². The Balaban J connectivity index is 2.28. The molecular weight excluding hydrogens is 292 g/mol. The van der Waals surface area contributed by atoms with Gasteiger partial charge in [0, 0.05) is 0 Å². The van der Waals surface area contributed by atoms with E-state index in [4.69, 9.17) is 28.9 Å². The number of nitrogens with zero attached hydrogens (tertiary/aromatic N) is 1. The van der Waals surface area contributed by atoms with Crippen molar-refractivity contribution in [2.24, 2.45) is 0 Å². The molecule has 2 aromatic rings. The van der Waals surface area contributed by atoms with E-state index in [0.717, 1.165) is 6.07 Å². The van der Waals surface area contributed by atoms with Crippen LogP contribution in [0.4, 0.5) is 15.9 Å². The summed E-state index contributed by atoms with van der Waals surface area (Å²) in [4.78, 5) is 15.8. The Morgan fingerprint density at radius 3 is 2.63 bits per heavy atom. The van der Waals surface area contributed by atoms with E-state index >= 15 is 0 Å². The number of amides is 1. The molecule has 0 aliphatic carbocycles. The number of anilines is 2. The average Bonchev–Trinajstić information content (AvgIpc) is 2.35. The van der Waals surface area contributed by atoms with Gasteiger partial charge in [-0.15, -0.1) is 0 Å². The molecule has 0 saturated carbocycles. The van der Waals surface area contributed by atoms with Crippen LogP contribution in [-0.4, -0.2) is 10.9 Å². The molecule has 0 radical (unpaired) electrons. The third-order valence-corrected chi connectivity index (χ3v) is 2.88. The maximum atomic E-state index is 12.9. The number of carbonyl (C=O) groups excluding carboxylic acids is 1. The number of hydrogen-bond acceptors (Lipinski definition) is 3. The number of carbonyl (C=O) groups is 1. The van der Waals surface area contributed by atoms with Crippen LogP contribution in [0.2, 0.25) is 10.0 Å². The second-order valence-electron chi connectivity index (χ2n) is 3.64. The quantitative estimate of drug-likeness (QED) is 0.893. The van der Waals surface area contributed by atoms with Crippen LogP contribution in [-0.2, 0) is 0 Å². The first kappa shape index (κ1) is 13.6. The lowest BCUT2D eigenvalue weighted by Gasteiger charge is -2.08. The van der Waals surface area contributed by atoms with Gasteiger partial charge in [-0.25, -0.2) is 9.37 Å². The highest BCUT2D eigenvalue weighted by Crippen LogP contribution is 2.24. The SMILES string of the molecule is Nc1ccc(Cl)c(C(=O)Nc2ccc(F)cc2Cl)n1. The first-order valence-electron chi connectivity index (χ1n) is 5.16. The van der Waals surface area contributed by atoms with E-state index in [-0.39, 0.29) is 27.2 Å².